The molecule has 0 unspecified atom stereocenters. The second-order valence-electron chi connectivity index (χ2n) is 9.14. The van der Waals surface area contributed by atoms with E-state index in [4.69, 9.17) is 9.47 Å². The van der Waals surface area contributed by atoms with E-state index in [0.29, 0.717) is 19.4 Å². The number of hydrogen-bond donors (Lipinski definition) is 3. The third-order valence-electron chi connectivity index (χ3n) is 6.75. The summed E-state index contributed by atoms with van der Waals surface area (Å²) in [5.41, 5.74) is 4.61. The predicted molar refractivity (Wildman–Crippen MR) is 130 cm³/mol. The van der Waals surface area contributed by atoms with E-state index < -0.39 is 18.2 Å². The molecule has 0 saturated carbocycles. The fraction of sp³-hybridized carbons (Fsp3) is 0.444. The van der Waals surface area contributed by atoms with Gasteiger partial charge in [0.25, 0.3) is 0 Å². The minimum atomic E-state index is -1.01. The average Bonchev–Trinajstić information content (AvgIpc) is 3.44. The standard InChI is InChI=1S/C27H32N2O6/c1-2-7-18(14-24(30)28-15-17-12-13-34-25(17)26(31)32)29-27(33)35-16-23-21-10-5-3-8-19(21)20-9-4-6-11-22(20)23/h3-6,8-11,17-18,23,25H,2,7,12-16H2,1H3,(H,28,30)(H,29,33)(H,31,32)/t17-,18+,25-/m0/s1. The summed E-state index contributed by atoms with van der Waals surface area (Å²) < 4.78 is 10.8. The molecule has 1 saturated heterocycles. The number of rotatable bonds is 10. The van der Waals surface area contributed by atoms with E-state index in [2.05, 4.69) is 34.9 Å². The van der Waals surface area contributed by atoms with Crippen LogP contribution in [0.2, 0.25) is 0 Å². The van der Waals surface area contributed by atoms with Crippen LogP contribution in [0.3, 0.4) is 0 Å². The molecule has 3 atom stereocenters. The summed E-state index contributed by atoms with van der Waals surface area (Å²) >= 11 is 0. The Morgan fingerprint density at radius 3 is 2.37 bits per heavy atom. The predicted octanol–water partition coefficient (Wildman–Crippen LogP) is 3.69. The van der Waals surface area contributed by atoms with Crippen molar-refractivity contribution in [1.82, 2.24) is 10.6 Å². The monoisotopic (exact) mass is 480 g/mol. The highest BCUT2D eigenvalue weighted by Crippen LogP contribution is 2.44. The zero-order valence-electron chi connectivity index (χ0n) is 19.9. The lowest BCUT2D eigenvalue weighted by molar-refractivity contribution is -0.149. The van der Waals surface area contributed by atoms with Gasteiger partial charge in [-0.1, -0.05) is 61.9 Å². The van der Waals surface area contributed by atoms with Crippen LogP contribution in [0.15, 0.2) is 48.5 Å². The molecule has 2 aromatic carbocycles. The molecule has 8 heteroatoms. The molecule has 186 valence electrons. The molecule has 2 aromatic rings. The topological polar surface area (TPSA) is 114 Å². The molecular formula is C27H32N2O6. The second kappa shape index (κ2) is 11.4. The first kappa shape index (κ1) is 24.7. The van der Waals surface area contributed by atoms with Crippen LogP contribution in [0.1, 0.15) is 49.7 Å². The van der Waals surface area contributed by atoms with Crippen molar-refractivity contribution in [2.24, 2.45) is 5.92 Å². The Morgan fingerprint density at radius 2 is 1.74 bits per heavy atom. The van der Waals surface area contributed by atoms with E-state index in [1.807, 2.05) is 31.2 Å². The lowest BCUT2D eigenvalue weighted by atomic mass is 9.98. The maximum Gasteiger partial charge on any atom is 0.407 e. The number of fused-ring (bicyclic) bond motifs is 3. The summed E-state index contributed by atoms with van der Waals surface area (Å²) in [6.07, 6.45) is 0.673. The Morgan fingerprint density at radius 1 is 1.09 bits per heavy atom. The van der Waals surface area contributed by atoms with Crippen LogP contribution in [-0.4, -0.2) is 55.0 Å². The summed E-state index contributed by atoms with van der Waals surface area (Å²) in [5.74, 6) is -1.53. The molecule has 0 aromatic heterocycles. The van der Waals surface area contributed by atoms with Gasteiger partial charge in [0.1, 0.15) is 6.61 Å². The number of benzene rings is 2. The first-order chi connectivity index (χ1) is 17.0. The lowest BCUT2D eigenvalue weighted by Gasteiger charge is -2.20. The molecule has 8 nitrogen and oxygen atoms in total. The molecule has 3 N–H and O–H groups in total. The van der Waals surface area contributed by atoms with E-state index in [0.717, 1.165) is 28.7 Å². The zero-order valence-corrected chi connectivity index (χ0v) is 19.9. The number of amides is 2. The molecule has 1 aliphatic heterocycles. The van der Waals surface area contributed by atoms with Crippen LogP contribution in [0.25, 0.3) is 11.1 Å². The molecule has 35 heavy (non-hydrogen) atoms. The first-order valence-corrected chi connectivity index (χ1v) is 12.2. The van der Waals surface area contributed by atoms with Crippen LogP contribution in [0, 0.1) is 5.92 Å². The van der Waals surface area contributed by atoms with Crippen LogP contribution in [0.4, 0.5) is 4.79 Å². The molecular weight excluding hydrogens is 448 g/mol. The number of carboxylic acids is 1. The summed E-state index contributed by atoms with van der Waals surface area (Å²) in [4.78, 5) is 36.4. The molecule has 0 spiro atoms. The highest BCUT2D eigenvalue weighted by molar-refractivity contribution is 5.80. The van der Waals surface area contributed by atoms with Gasteiger partial charge >= 0.3 is 12.1 Å². The quantitative estimate of drug-likeness (QED) is 0.478. The van der Waals surface area contributed by atoms with Gasteiger partial charge in [0.15, 0.2) is 6.10 Å². The van der Waals surface area contributed by atoms with Gasteiger partial charge in [-0.3, -0.25) is 4.79 Å². The van der Waals surface area contributed by atoms with Crippen LogP contribution in [-0.2, 0) is 19.1 Å². The van der Waals surface area contributed by atoms with Crippen molar-refractivity contribution in [3.05, 3.63) is 59.7 Å². The molecule has 0 radical (unpaired) electrons. The number of carboxylic acid groups (broad SMARTS) is 1. The third kappa shape index (κ3) is 5.82. The van der Waals surface area contributed by atoms with Gasteiger partial charge in [-0.05, 0) is 35.1 Å². The minimum absolute atomic E-state index is 0.0307. The number of carbonyl (C=O) groups is 3. The number of carbonyl (C=O) groups excluding carboxylic acids is 2. The molecule has 2 aliphatic rings. The smallest absolute Gasteiger partial charge is 0.407 e. The summed E-state index contributed by atoms with van der Waals surface area (Å²) in [5, 5.41) is 14.8. The molecule has 4 rings (SSSR count). The summed E-state index contributed by atoms with van der Waals surface area (Å²) in [7, 11) is 0. The van der Waals surface area contributed by atoms with Gasteiger partial charge in [-0.25, -0.2) is 9.59 Å². The average molecular weight is 481 g/mol. The normalized spacial score (nSPS) is 19.5. The van der Waals surface area contributed by atoms with Crippen molar-refractivity contribution in [2.75, 3.05) is 19.8 Å². The first-order valence-electron chi connectivity index (χ1n) is 12.2. The lowest BCUT2D eigenvalue weighted by Crippen LogP contribution is -2.41. The number of nitrogens with one attached hydrogen (secondary N) is 2. The van der Waals surface area contributed by atoms with Crippen molar-refractivity contribution in [2.45, 2.75) is 50.7 Å². The Balaban J connectivity index is 1.29. The van der Waals surface area contributed by atoms with Crippen LogP contribution in [0.5, 0.6) is 0 Å². The van der Waals surface area contributed by atoms with Crippen molar-refractivity contribution in [1.29, 1.82) is 0 Å². The fourth-order valence-corrected chi connectivity index (χ4v) is 5.04. The van der Waals surface area contributed by atoms with Gasteiger partial charge in [0.2, 0.25) is 5.91 Å². The molecule has 2 amide bonds. The maximum absolute atomic E-state index is 12.6. The van der Waals surface area contributed by atoms with Crippen molar-refractivity contribution in [3.8, 4) is 11.1 Å². The highest BCUT2D eigenvalue weighted by Gasteiger charge is 2.34. The highest BCUT2D eigenvalue weighted by atomic mass is 16.5. The number of alkyl carbamates (subject to hydrolysis) is 1. The molecule has 0 bridgehead atoms. The van der Waals surface area contributed by atoms with Crippen LogP contribution < -0.4 is 10.6 Å². The Bertz CT molecular complexity index is 1030. The summed E-state index contributed by atoms with van der Waals surface area (Å²) in [6, 6.07) is 15.9. The fourth-order valence-electron chi connectivity index (χ4n) is 5.04. The molecule has 1 heterocycles. The van der Waals surface area contributed by atoms with Gasteiger partial charge in [-0.15, -0.1) is 0 Å². The third-order valence-corrected chi connectivity index (χ3v) is 6.75. The van der Waals surface area contributed by atoms with Gasteiger partial charge in [-0.2, -0.15) is 0 Å². The number of aliphatic carboxylic acids is 1. The van der Waals surface area contributed by atoms with E-state index in [1.165, 1.54) is 0 Å². The zero-order chi connectivity index (χ0) is 24.8. The van der Waals surface area contributed by atoms with Gasteiger partial charge in [0.05, 0.1) is 0 Å². The summed E-state index contributed by atoms with van der Waals surface area (Å²) in [6.45, 7) is 2.81. The van der Waals surface area contributed by atoms with Crippen molar-refractivity contribution in [3.63, 3.8) is 0 Å². The van der Waals surface area contributed by atoms with Crippen molar-refractivity contribution >= 4 is 18.0 Å². The van der Waals surface area contributed by atoms with Gasteiger partial charge < -0.3 is 25.2 Å². The van der Waals surface area contributed by atoms with Gasteiger partial charge in [0, 0.05) is 37.5 Å². The Kier molecular flexibility index (Phi) is 8.02. The molecule has 1 fully saturated rings. The van der Waals surface area contributed by atoms with E-state index in [9.17, 15) is 19.5 Å². The van der Waals surface area contributed by atoms with E-state index in [1.54, 1.807) is 0 Å². The van der Waals surface area contributed by atoms with Crippen molar-refractivity contribution < 1.29 is 29.0 Å². The number of ether oxygens (including phenoxy) is 2. The second-order valence-corrected chi connectivity index (χ2v) is 9.14. The number of hydrogen-bond acceptors (Lipinski definition) is 5. The maximum atomic E-state index is 12.6. The molecule has 1 aliphatic carbocycles. The SMILES string of the molecule is CCC[C@H](CC(=O)NC[C@@H]1CCO[C@@H]1C(=O)O)NC(=O)OCC1c2ccccc2-c2ccccc21. The Labute approximate surface area is 205 Å². The van der Waals surface area contributed by atoms with Crippen LogP contribution >= 0.6 is 0 Å². The van der Waals surface area contributed by atoms with E-state index >= 15 is 0 Å². The minimum Gasteiger partial charge on any atom is -0.479 e. The largest absolute Gasteiger partial charge is 0.479 e. The Hall–Kier alpha value is -3.39. The van der Waals surface area contributed by atoms with E-state index in [-0.39, 0.29) is 43.4 Å².